The van der Waals surface area contributed by atoms with Crippen LogP contribution >= 0.6 is 11.3 Å². The van der Waals surface area contributed by atoms with Gasteiger partial charge in [-0.15, -0.1) is 0 Å². The Hall–Kier alpha value is -1.75. The van der Waals surface area contributed by atoms with E-state index >= 15 is 0 Å². The number of rotatable bonds is 3. The van der Waals surface area contributed by atoms with Gasteiger partial charge < -0.3 is 15.8 Å². The predicted octanol–water partition coefficient (Wildman–Crippen LogP) is 2.48. The Labute approximate surface area is 91.7 Å². The summed E-state index contributed by atoms with van der Waals surface area (Å²) in [7, 11) is 1.58. The summed E-state index contributed by atoms with van der Waals surface area (Å²) in [4.78, 5) is 4.21. The highest BCUT2D eigenvalue weighted by Crippen LogP contribution is 2.24. The molecule has 0 radical (unpaired) electrons. The lowest BCUT2D eigenvalue weighted by atomic mass is 10.3. The summed E-state index contributed by atoms with van der Waals surface area (Å²) < 4.78 is 5.02. The van der Waals surface area contributed by atoms with Gasteiger partial charge in [-0.05, 0) is 17.5 Å². The van der Waals surface area contributed by atoms with Crippen LogP contribution in [0.4, 0.5) is 17.2 Å². The molecule has 0 unspecified atom stereocenters. The Balaban J connectivity index is 2.27. The molecular formula is C10H11N3OS. The lowest BCUT2D eigenvalue weighted by Gasteiger charge is -2.07. The fourth-order valence-corrected chi connectivity index (χ4v) is 1.73. The molecular weight excluding hydrogens is 210 g/mol. The molecule has 0 aliphatic heterocycles. The van der Waals surface area contributed by atoms with E-state index in [4.69, 9.17) is 10.5 Å². The summed E-state index contributed by atoms with van der Waals surface area (Å²) >= 11 is 1.61. The molecule has 78 valence electrons. The number of thiophene rings is 1. The van der Waals surface area contributed by atoms with Gasteiger partial charge in [0.2, 0.25) is 5.88 Å². The average molecular weight is 221 g/mol. The molecule has 0 saturated heterocycles. The third kappa shape index (κ3) is 2.19. The van der Waals surface area contributed by atoms with Crippen molar-refractivity contribution >= 4 is 28.5 Å². The Kier molecular flexibility index (Phi) is 2.73. The normalized spacial score (nSPS) is 9.93. The fraction of sp³-hybridized carbons (Fsp3) is 0.100. The van der Waals surface area contributed by atoms with Gasteiger partial charge in [-0.2, -0.15) is 16.3 Å². The van der Waals surface area contributed by atoms with Crippen LogP contribution in [0, 0.1) is 0 Å². The Morgan fingerprint density at radius 1 is 1.40 bits per heavy atom. The van der Waals surface area contributed by atoms with E-state index in [1.165, 1.54) is 0 Å². The van der Waals surface area contributed by atoms with Gasteiger partial charge in [0.1, 0.15) is 0 Å². The highest BCUT2D eigenvalue weighted by molar-refractivity contribution is 7.08. The van der Waals surface area contributed by atoms with Gasteiger partial charge in [-0.25, -0.2) is 0 Å². The SMILES string of the molecule is COc1ccc(N)c(Nc2ccsc2)n1. The van der Waals surface area contributed by atoms with Crippen LogP contribution in [0.2, 0.25) is 0 Å². The van der Waals surface area contributed by atoms with Gasteiger partial charge in [0.25, 0.3) is 0 Å². The van der Waals surface area contributed by atoms with Crippen LogP contribution in [-0.4, -0.2) is 12.1 Å². The quantitative estimate of drug-likeness (QED) is 0.836. The first kappa shape index (κ1) is 9.79. The molecule has 5 heteroatoms. The molecule has 0 saturated carbocycles. The molecule has 2 aromatic rings. The minimum atomic E-state index is 0.543. The van der Waals surface area contributed by atoms with Crippen LogP contribution in [0.3, 0.4) is 0 Å². The number of methoxy groups -OCH3 is 1. The van der Waals surface area contributed by atoms with Crippen molar-refractivity contribution in [2.45, 2.75) is 0 Å². The summed E-state index contributed by atoms with van der Waals surface area (Å²) in [5.41, 5.74) is 7.36. The highest BCUT2D eigenvalue weighted by Gasteiger charge is 2.03. The van der Waals surface area contributed by atoms with Crippen molar-refractivity contribution < 1.29 is 4.74 Å². The van der Waals surface area contributed by atoms with Gasteiger partial charge in [-0.1, -0.05) is 0 Å². The van der Waals surface area contributed by atoms with Crippen LogP contribution in [-0.2, 0) is 0 Å². The zero-order chi connectivity index (χ0) is 10.7. The molecule has 0 spiro atoms. The van der Waals surface area contributed by atoms with Gasteiger partial charge >= 0.3 is 0 Å². The average Bonchev–Trinajstić information content (AvgIpc) is 2.74. The summed E-state index contributed by atoms with van der Waals surface area (Å²) in [5.74, 6) is 1.16. The second kappa shape index (κ2) is 4.18. The molecule has 0 aliphatic rings. The Morgan fingerprint density at radius 2 is 2.27 bits per heavy atom. The molecule has 0 amide bonds. The molecule has 0 bridgehead atoms. The van der Waals surface area contributed by atoms with Crippen LogP contribution in [0.1, 0.15) is 0 Å². The van der Waals surface area contributed by atoms with Crippen molar-refractivity contribution in [1.29, 1.82) is 0 Å². The Bertz CT molecular complexity index is 442. The van der Waals surface area contributed by atoms with E-state index in [0.29, 0.717) is 17.4 Å². The standard InChI is InChI=1S/C10H11N3OS/c1-14-9-3-2-8(11)10(13-9)12-7-4-5-15-6-7/h2-6H,11H2,1H3,(H,12,13). The number of anilines is 3. The molecule has 2 aromatic heterocycles. The number of nitrogens with zero attached hydrogens (tertiary/aromatic N) is 1. The van der Waals surface area contributed by atoms with E-state index in [-0.39, 0.29) is 0 Å². The summed E-state index contributed by atoms with van der Waals surface area (Å²) in [5, 5.41) is 7.09. The molecule has 0 aliphatic carbocycles. The second-order valence-corrected chi connectivity index (χ2v) is 3.71. The van der Waals surface area contributed by atoms with Gasteiger partial charge in [0.15, 0.2) is 5.82 Å². The number of hydrogen-bond acceptors (Lipinski definition) is 5. The molecule has 0 aromatic carbocycles. The Morgan fingerprint density at radius 3 is 2.93 bits per heavy atom. The van der Waals surface area contributed by atoms with E-state index in [1.807, 2.05) is 16.8 Å². The largest absolute Gasteiger partial charge is 0.481 e. The van der Waals surface area contributed by atoms with Crippen molar-refractivity contribution in [3.05, 3.63) is 29.0 Å². The molecule has 0 atom stereocenters. The zero-order valence-corrected chi connectivity index (χ0v) is 9.04. The summed E-state index contributed by atoms with van der Waals surface area (Å²) in [6.07, 6.45) is 0. The molecule has 4 nitrogen and oxygen atoms in total. The number of ether oxygens (including phenoxy) is 1. The van der Waals surface area contributed by atoms with E-state index < -0.39 is 0 Å². The predicted molar refractivity (Wildman–Crippen MR) is 62.8 cm³/mol. The van der Waals surface area contributed by atoms with Crippen molar-refractivity contribution in [3.63, 3.8) is 0 Å². The summed E-state index contributed by atoms with van der Waals surface area (Å²) in [6.45, 7) is 0. The minimum Gasteiger partial charge on any atom is -0.481 e. The molecule has 3 N–H and O–H groups in total. The molecule has 0 fully saturated rings. The van der Waals surface area contributed by atoms with Crippen molar-refractivity contribution in [2.24, 2.45) is 0 Å². The monoisotopic (exact) mass is 221 g/mol. The first-order valence-corrected chi connectivity index (χ1v) is 5.33. The molecule has 15 heavy (non-hydrogen) atoms. The van der Waals surface area contributed by atoms with E-state index in [1.54, 1.807) is 30.6 Å². The first-order valence-electron chi connectivity index (χ1n) is 4.39. The van der Waals surface area contributed by atoms with Crippen LogP contribution in [0.15, 0.2) is 29.0 Å². The maximum atomic E-state index is 5.78. The third-order valence-electron chi connectivity index (χ3n) is 1.89. The molecule has 2 rings (SSSR count). The van der Waals surface area contributed by atoms with Crippen LogP contribution in [0.5, 0.6) is 5.88 Å². The number of pyridine rings is 1. The number of nitrogens with one attached hydrogen (secondary N) is 1. The summed E-state index contributed by atoms with van der Waals surface area (Å²) in [6, 6.07) is 5.46. The van der Waals surface area contributed by atoms with E-state index in [2.05, 4.69) is 10.3 Å². The van der Waals surface area contributed by atoms with Gasteiger partial charge in [0.05, 0.1) is 18.5 Å². The zero-order valence-electron chi connectivity index (χ0n) is 8.23. The number of nitrogens with two attached hydrogens (primary N) is 1. The number of hydrogen-bond donors (Lipinski definition) is 2. The maximum absolute atomic E-state index is 5.78. The lowest BCUT2D eigenvalue weighted by molar-refractivity contribution is 0.398. The first-order chi connectivity index (χ1) is 7.29. The highest BCUT2D eigenvalue weighted by atomic mass is 32.1. The van der Waals surface area contributed by atoms with Gasteiger partial charge in [-0.3, -0.25) is 0 Å². The van der Waals surface area contributed by atoms with Crippen molar-refractivity contribution in [2.75, 3.05) is 18.2 Å². The van der Waals surface area contributed by atoms with Crippen molar-refractivity contribution in [3.8, 4) is 5.88 Å². The van der Waals surface area contributed by atoms with Gasteiger partial charge in [0, 0.05) is 11.4 Å². The number of aromatic nitrogens is 1. The van der Waals surface area contributed by atoms with Crippen LogP contribution in [0.25, 0.3) is 0 Å². The smallest absolute Gasteiger partial charge is 0.215 e. The lowest BCUT2D eigenvalue weighted by Crippen LogP contribution is -1.99. The van der Waals surface area contributed by atoms with E-state index in [9.17, 15) is 0 Å². The molecule has 2 heterocycles. The van der Waals surface area contributed by atoms with Crippen molar-refractivity contribution in [1.82, 2.24) is 4.98 Å². The van der Waals surface area contributed by atoms with Crippen LogP contribution < -0.4 is 15.8 Å². The minimum absolute atomic E-state index is 0.543. The fourth-order valence-electron chi connectivity index (χ4n) is 1.14. The second-order valence-electron chi connectivity index (χ2n) is 2.93. The third-order valence-corrected chi connectivity index (χ3v) is 2.58. The topological polar surface area (TPSA) is 60.2 Å². The maximum Gasteiger partial charge on any atom is 0.215 e. The van der Waals surface area contributed by atoms with E-state index in [0.717, 1.165) is 5.69 Å². The number of nitrogen functional groups attached to an aromatic ring is 1.